The Hall–Kier alpha value is -1.38. The van der Waals surface area contributed by atoms with E-state index in [2.05, 4.69) is 17.1 Å². The predicted molar refractivity (Wildman–Crippen MR) is 80.4 cm³/mol. The maximum absolute atomic E-state index is 6.23. The molecule has 2 rings (SSSR count). The summed E-state index contributed by atoms with van der Waals surface area (Å²) in [6.45, 7) is 2.04. The van der Waals surface area contributed by atoms with E-state index in [1.54, 1.807) is 0 Å². The van der Waals surface area contributed by atoms with E-state index < -0.39 is 0 Å². The molecule has 0 saturated heterocycles. The van der Waals surface area contributed by atoms with Crippen LogP contribution in [-0.4, -0.2) is 11.0 Å². The molecule has 0 aliphatic carbocycles. The second-order valence-corrected chi connectivity index (χ2v) is 5.36. The molecule has 2 N–H and O–H groups in total. The molecule has 0 fully saturated rings. The van der Waals surface area contributed by atoms with Crippen LogP contribution in [0.1, 0.15) is 23.1 Å². The molecule has 0 aliphatic heterocycles. The zero-order valence-corrected chi connectivity index (χ0v) is 11.9. The van der Waals surface area contributed by atoms with E-state index in [4.69, 9.17) is 17.3 Å². The minimum absolute atomic E-state index is 0.133. The molecular weight excluding hydrogens is 256 g/mol. The van der Waals surface area contributed by atoms with Crippen molar-refractivity contribution in [3.8, 4) is 0 Å². The van der Waals surface area contributed by atoms with Crippen molar-refractivity contribution in [2.24, 2.45) is 5.73 Å². The van der Waals surface area contributed by atoms with Gasteiger partial charge in [-0.1, -0.05) is 23.7 Å². The van der Waals surface area contributed by atoms with Gasteiger partial charge >= 0.3 is 0 Å². The zero-order valence-electron chi connectivity index (χ0n) is 11.1. The van der Waals surface area contributed by atoms with Crippen LogP contribution >= 0.6 is 11.6 Å². The predicted octanol–water partition coefficient (Wildman–Crippen LogP) is 3.55. The Bertz CT molecular complexity index is 526. The van der Waals surface area contributed by atoms with Crippen molar-refractivity contribution in [3.63, 3.8) is 0 Å². The molecule has 0 amide bonds. The van der Waals surface area contributed by atoms with Crippen LogP contribution in [0.2, 0.25) is 5.02 Å². The molecule has 0 saturated carbocycles. The van der Waals surface area contributed by atoms with Crippen LogP contribution in [0.3, 0.4) is 0 Å². The Morgan fingerprint density at radius 1 is 1.21 bits per heavy atom. The lowest BCUT2D eigenvalue weighted by Crippen LogP contribution is -2.23. The maximum Gasteiger partial charge on any atom is 0.0441 e. The maximum atomic E-state index is 6.23. The molecule has 1 heterocycles. The van der Waals surface area contributed by atoms with E-state index in [-0.39, 0.29) is 6.04 Å². The van der Waals surface area contributed by atoms with Gasteiger partial charge in [0.1, 0.15) is 0 Å². The number of rotatable bonds is 5. The van der Waals surface area contributed by atoms with Crippen LogP contribution in [0.4, 0.5) is 0 Å². The monoisotopic (exact) mass is 274 g/mol. The lowest BCUT2D eigenvalue weighted by molar-refractivity contribution is 0.610. The van der Waals surface area contributed by atoms with Crippen molar-refractivity contribution in [1.82, 2.24) is 4.98 Å². The summed E-state index contributed by atoms with van der Waals surface area (Å²) in [5.74, 6) is 0. The highest BCUT2D eigenvalue weighted by molar-refractivity contribution is 6.31. The van der Waals surface area contributed by atoms with Crippen molar-refractivity contribution in [2.45, 2.75) is 32.2 Å². The second kappa shape index (κ2) is 6.69. The van der Waals surface area contributed by atoms with E-state index in [9.17, 15) is 0 Å². The number of hydrogen-bond donors (Lipinski definition) is 1. The molecule has 0 radical (unpaired) electrons. The summed E-state index contributed by atoms with van der Waals surface area (Å²) in [6, 6.07) is 10.3. The summed E-state index contributed by atoms with van der Waals surface area (Å²) in [4.78, 5) is 4.01. The first-order valence-electron chi connectivity index (χ1n) is 6.54. The summed E-state index contributed by atoms with van der Waals surface area (Å²) >= 11 is 6.23. The second-order valence-electron chi connectivity index (χ2n) is 4.95. The average molecular weight is 275 g/mol. The minimum atomic E-state index is 0.133. The van der Waals surface area contributed by atoms with Gasteiger partial charge in [-0.05, 0) is 61.1 Å². The van der Waals surface area contributed by atoms with Crippen molar-refractivity contribution in [1.29, 1.82) is 0 Å². The van der Waals surface area contributed by atoms with Crippen molar-refractivity contribution >= 4 is 11.6 Å². The molecule has 1 unspecified atom stereocenters. The van der Waals surface area contributed by atoms with Gasteiger partial charge in [0.2, 0.25) is 0 Å². The number of pyridine rings is 1. The van der Waals surface area contributed by atoms with Gasteiger partial charge in [0.25, 0.3) is 0 Å². The number of aryl methyl sites for hydroxylation is 2. The Kier molecular flexibility index (Phi) is 4.94. The minimum Gasteiger partial charge on any atom is -0.327 e. The van der Waals surface area contributed by atoms with Crippen molar-refractivity contribution in [2.75, 3.05) is 0 Å². The summed E-state index contributed by atoms with van der Waals surface area (Å²) in [5, 5.41) is 0.819. The third-order valence-corrected chi connectivity index (χ3v) is 3.60. The highest BCUT2D eigenvalue weighted by atomic mass is 35.5. The van der Waals surface area contributed by atoms with E-state index in [1.165, 1.54) is 11.1 Å². The van der Waals surface area contributed by atoms with Crippen LogP contribution in [0, 0.1) is 6.92 Å². The van der Waals surface area contributed by atoms with Gasteiger partial charge in [-0.2, -0.15) is 0 Å². The highest BCUT2D eigenvalue weighted by Gasteiger charge is 2.08. The third-order valence-electron chi connectivity index (χ3n) is 3.24. The quantitative estimate of drug-likeness (QED) is 0.906. The largest absolute Gasteiger partial charge is 0.327 e. The highest BCUT2D eigenvalue weighted by Crippen LogP contribution is 2.19. The summed E-state index contributed by atoms with van der Waals surface area (Å²) in [7, 11) is 0. The fourth-order valence-corrected chi connectivity index (χ4v) is 2.42. The Morgan fingerprint density at radius 3 is 2.63 bits per heavy atom. The summed E-state index contributed by atoms with van der Waals surface area (Å²) in [6.07, 6.45) is 6.39. The topological polar surface area (TPSA) is 38.9 Å². The SMILES string of the molecule is Cc1ccc(CC(N)CCc2ccncc2)c(Cl)c1. The molecule has 0 spiro atoms. The van der Waals surface area contributed by atoms with Crippen LogP contribution in [0.5, 0.6) is 0 Å². The number of hydrogen-bond acceptors (Lipinski definition) is 2. The Balaban J connectivity index is 1.89. The summed E-state index contributed by atoms with van der Waals surface area (Å²) < 4.78 is 0. The Morgan fingerprint density at radius 2 is 1.95 bits per heavy atom. The van der Waals surface area contributed by atoms with Crippen LogP contribution < -0.4 is 5.73 Å². The number of halogens is 1. The third kappa shape index (κ3) is 4.34. The van der Waals surface area contributed by atoms with E-state index in [1.807, 2.05) is 37.5 Å². The average Bonchev–Trinajstić information content (AvgIpc) is 2.41. The molecule has 1 aromatic carbocycles. The first-order chi connectivity index (χ1) is 9.15. The van der Waals surface area contributed by atoms with E-state index in [0.717, 1.165) is 29.8 Å². The fraction of sp³-hybridized carbons (Fsp3) is 0.312. The summed E-state index contributed by atoms with van der Waals surface area (Å²) in [5.41, 5.74) is 9.78. The lowest BCUT2D eigenvalue weighted by atomic mass is 9.99. The Labute approximate surface area is 119 Å². The van der Waals surface area contributed by atoms with Crippen molar-refractivity contribution < 1.29 is 0 Å². The van der Waals surface area contributed by atoms with Crippen LogP contribution in [-0.2, 0) is 12.8 Å². The number of nitrogens with zero attached hydrogens (tertiary/aromatic N) is 1. The first-order valence-corrected chi connectivity index (χ1v) is 6.92. The molecule has 1 aromatic heterocycles. The van der Waals surface area contributed by atoms with Gasteiger partial charge in [0.15, 0.2) is 0 Å². The molecule has 100 valence electrons. The molecule has 2 aromatic rings. The van der Waals surface area contributed by atoms with Gasteiger partial charge in [0, 0.05) is 23.5 Å². The molecule has 2 nitrogen and oxygen atoms in total. The molecular formula is C16H19ClN2. The molecule has 1 atom stereocenters. The van der Waals surface area contributed by atoms with Gasteiger partial charge in [-0.3, -0.25) is 4.98 Å². The molecule has 3 heteroatoms. The number of nitrogens with two attached hydrogens (primary N) is 1. The first kappa shape index (κ1) is 14.0. The molecule has 0 aliphatic rings. The smallest absolute Gasteiger partial charge is 0.0441 e. The lowest BCUT2D eigenvalue weighted by Gasteiger charge is -2.13. The van der Waals surface area contributed by atoms with Gasteiger partial charge < -0.3 is 5.73 Å². The van der Waals surface area contributed by atoms with E-state index >= 15 is 0 Å². The zero-order chi connectivity index (χ0) is 13.7. The number of aromatic nitrogens is 1. The van der Waals surface area contributed by atoms with Crippen molar-refractivity contribution in [3.05, 3.63) is 64.4 Å². The van der Waals surface area contributed by atoms with Gasteiger partial charge in [0.05, 0.1) is 0 Å². The number of benzene rings is 1. The fourth-order valence-electron chi connectivity index (χ4n) is 2.10. The molecule has 0 bridgehead atoms. The normalized spacial score (nSPS) is 12.4. The van der Waals surface area contributed by atoms with Gasteiger partial charge in [-0.15, -0.1) is 0 Å². The van der Waals surface area contributed by atoms with Gasteiger partial charge in [-0.25, -0.2) is 0 Å². The molecule has 19 heavy (non-hydrogen) atoms. The van der Waals surface area contributed by atoms with Crippen LogP contribution in [0.25, 0.3) is 0 Å². The standard InChI is InChI=1S/C16H19ClN2/c1-12-2-4-14(16(17)10-12)11-15(18)5-3-13-6-8-19-9-7-13/h2,4,6-10,15H,3,5,11,18H2,1H3. The van der Waals surface area contributed by atoms with Crippen LogP contribution in [0.15, 0.2) is 42.7 Å². The van der Waals surface area contributed by atoms with E-state index in [0.29, 0.717) is 0 Å².